The largest absolute Gasteiger partial charge is 0.386 e. The fourth-order valence-electron chi connectivity index (χ4n) is 0.489. The van der Waals surface area contributed by atoms with Crippen LogP contribution in [0.25, 0.3) is 0 Å². The van der Waals surface area contributed by atoms with Crippen LogP contribution in [0.15, 0.2) is 49.1 Å². The van der Waals surface area contributed by atoms with E-state index in [-0.39, 0.29) is 11.1 Å². The number of carbonyl (C=O) groups is 2. The first-order chi connectivity index (χ1) is 6.49. The van der Waals surface area contributed by atoms with Crippen LogP contribution >= 0.6 is 0 Å². The summed E-state index contributed by atoms with van der Waals surface area (Å²) in [6.45, 7) is 11.6. The zero-order chi connectivity index (χ0) is 11.1. The number of hydrogen-bond acceptors (Lipinski definition) is 3. The zero-order valence-electron chi connectivity index (χ0n) is 8.08. The van der Waals surface area contributed by atoms with Crippen molar-refractivity contribution in [3.8, 4) is 0 Å². The highest BCUT2D eigenvalue weighted by Gasteiger charge is 2.11. The van der Waals surface area contributed by atoms with Gasteiger partial charge in [-0.1, -0.05) is 31.9 Å². The predicted octanol–water partition coefficient (Wildman–Crippen LogP) is 1.93. The first kappa shape index (κ1) is 12.1. The molecule has 0 aromatic carbocycles. The summed E-state index contributed by atoms with van der Waals surface area (Å²) in [6.07, 6.45) is 4.41. The quantitative estimate of drug-likeness (QED) is 0.296. The Morgan fingerprint density at radius 2 is 1.79 bits per heavy atom. The van der Waals surface area contributed by atoms with Crippen LogP contribution in [-0.4, -0.2) is 11.9 Å². The van der Waals surface area contributed by atoms with Crippen LogP contribution in [0, 0.1) is 0 Å². The van der Waals surface area contributed by atoms with Gasteiger partial charge in [-0.05, 0) is 13.0 Å². The number of carbonyl (C=O) groups excluding carboxylic acids is 2. The first-order valence-corrected chi connectivity index (χ1v) is 3.89. The molecule has 3 heteroatoms. The molecule has 0 N–H and O–H groups in total. The van der Waals surface area contributed by atoms with Gasteiger partial charge in [0, 0.05) is 5.57 Å². The van der Waals surface area contributed by atoms with Gasteiger partial charge in [-0.15, -0.1) is 0 Å². The molecule has 0 bridgehead atoms. The summed E-state index contributed by atoms with van der Waals surface area (Å²) < 4.78 is 4.41. The number of hydrogen-bond donors (Lipinski definition) is 0. The highest BCUT2D eigenvalue weighted by atomic mass is 16.6. The molecule has 0 heterocycles. The van der Waals surface area contributed by atoms with Crippen LogP contribution in [0.2, 0.25) is 0 Å². The van der Waals surface area contributed by atoms with Crippen molar-refractivity contribution < 1.29 is 14.3 Å². The SMILES string of the molecule is C=CC=CC(=C)C(=O)OC(=O)C(=C)C. The molecule has 0 atom stereocenters. The van der Waals surface area contributed by atoms with Crippen LogP contribution in [0.4, 0.5) is 0 Å². The van der Waals surface area contributed by atoms with E-state index in [1.165, 1.54) is 25.2 Å². The lowest BCUT2D eigenvalue weighted by atomic mass is 10.3. The molecule has 0 aliphatic rings. The lowest BCUT2D eigenvalue weighted by molar-refractivity contribution is -0.153. The number of esters is 2. The second-order valence-corrected chi connectivity index (χ2v) is 2.58. The molecule has 0 unspecified atom stereocenters. The van der Waals surface area contributed by atoms with Crippen LogP contribution in [0.1, 0.15) is 6.92 Å². The fraction of sp³-hybridized carbons (Fsp3) is 0.0909. The molecule has 0 saturated heterocycles. The van der Waals surface area contributed by atoms with Crippen molar-refractivity contribution in [2.75, 3.05) is 0 Å². The molecule has 0 amide bonds. The Bertz CT molecular complexity index is 321. The monoisotopic (exact) mass is 192 g/mol. The molecule has 0 radical (unpaired) electrons. The Kier molecular flexibility index (Phi) is 4.92. The first-order valence-electron chi connectivity index (χ1n) is 3.89. The minimum absolute atomic E-state index is 0.0829. The summed E-state index contributed by atoms with van der Waals surface area (Å²) in [6, 6.07) is 0. The number of allylic oxidation sites excluding steroid dienone is 2. The van der Waals surface area contributed by atoms with Gasteiger partial charge in [0.15, 0.2) is 0 Å². The average molecular weight is 192 g/mol. The van der Waals surface area contributed by atoms with Crippen molar-refractivity contribution in [3.05, 3.63) is 49.1 Å². The molecule has 0 saturated carbocycles. The van der Waals surface area contributed by atoms with Gasteiger partial charge in [0.1, 0.15) is 0 Å². The fourth-order valence-corrected chi connectivity index (χ4v) is 0.489. The highest BCUT2D eigenvalue weighted by Crippen LogP contribution is 2.00. The molecule has 74 valence electrons. The molecular weight excluding hydrogens is 180 g/mol. The zero-order valence-corrected chi connectivity index (χ0v) is 8.08. The Balaban J connectivity index is 4.29. The molecule has 14 heavy (non-hydrogen) atoms. The van der Waals surface area contributed by atoms with E-state index in [1.807, 2.05) is 0 Å². The second kappa shape index (κ2) is 5.70. The van der Waals surface area contributed by atoms with Gasteiger partial charge in [-0.3, -0.25) is 0 Å². The van der Waals surface area contributed by atoms with Gasteiger partial charge in [-0.2, -0.15) is 0 Å². The van der Waals surface area contributed by atoms with E-state index in [2.05, 4.69) is 24.5 Å². The van der Waals surface area contributed by atoms with Crippen molar-refractivity contribution >= 4 is 11.9 Å². The number of ether oxygens (including phenoxy) is 1. The number of rotatable bonds is 4. The molecule has 0 spiro atoms. The third-order valence-corrected chi connectivity index (χ3v) is 1.23. The van der Waals surface area contributed by atoms with Gasteiger partial charge in [0.05, 0.1) is 5.57 Å². The van der Waals surface area contributed by atoms with Crippen molar-refractivity contribution in [2.24, 2.45) is 0 Å². The summed E-state index contributed by atoms with van der Waals surface area (Å²) in [4.78, 5) is 22.0. The second-order valence-electron chi connectivity index (χ2n) is 2.58. The molecule has 0 aromatic rings. The van der Waals surface area contributed by atoms with E-state index >= 15 is 0 Å². The van der Waals surface area contributed by atoms with Crippen molar-refractivity contribution in [1.82, 2.24) is 0 Å². The van der Waals surface area contributed by atoms with Gasteiger partial charge in [0.25, 0.3) is 0 Å². The third-order valence-electron chi connectivity index (χ3n) is 1.23. The maximum atomic E-state index is 11.1. The van der Waals surface area contributed by atoms with Gasteiger partial charge in [0.2, 0.25) is 0 Å². The van der Waals surface area contributed by atoms with E-state index in [0.717, 1.165) is 0 Å². The summed E-state index contributed by atoms with van der Waals surface area (Å²) in [5.74, 6) is -1.53. The summed E-state index contributed by atoms with van der Waals surface area (Å²) in [5, 5.41) is 0. The predicted molar refractivity (Wildman–Crippen MR) is 54.4 cm³/mol. The van der Waals surface area contributed by atoms with Gasteiger partial charge in [-0.25, -0.2) is 9.59 Å². The molecule has 3 nitrogen and oxygen atoms in total. The van der Waals surface area contributed by atoms with Crippen LogP contribution in [-0.2, 0) is 14.3 Å². The highest BCUT2D eigenvalue weighted by molar-refractivity contribution is 6.02. The normalized spacial score (nSPS) is 9.50. The smallest absolute Gasteiger partial charge is 0.345 e. The summed E-state index contributed by atoms with van der Waals surface area (Å²) >= 11 is 0. The summed E-state index contributed by atoms with van der Waals surface area (Å²) in [5.41, 5.74) is 0.248. The van der Waals surface area contributed by atoms with Crippen LogP contribution in [0.5, 0.6) is 0 Å². The van der Waals surface area contributed by atoms with Gasteiger partial charge >= 0.3 is 11.9 Å². The Labute approximate surface area is 83.1 Å². The third kappa shape index (κ3) is 4.21. The molecule has 0 fully saturated rings. The minimum Gasteiger partial charge on any atom is -0.386 e. The van der Waals surface area contributed by atoms with Crippen molar-refractivity contribution in [2.45, 2.75) is 6.92 Å². The maximum absolute atomic E-state index is 11.1. The van der Waals surface area contributed by atoms with Crippen LogP contribution < -0.4 is 0 Å². The minimum atomic E-state index is -0.781. The Morgan fingerprint density at radius 3 is 2.21 bits per heavy atom. The van der Waals surface area contributed by atoms with E-state index in [4.69, 9.17) is 0 Å². The topological polar surface area (TPSA) is 43.4 Å². The standard InChI is InChI=1S/C11H12O3/c1-5-6-7-9(4)11(13)14-10(12)8(2)3/h5-7H,1-2,4H2,3H3. The average Bonchev–Trinajstić information content (AvgIpc) is 2.13. The molecule has 0 aliphatic heterocycles. The van der Waals surface area contributed by atoms with E-state index in [0.29, 0.717) is 0 Å². The molecule has 0 aromatic heterocycles. The van der Waals surface area contributed by atoms with Crippen molar-refractivity contribution in [3.63, 3.8) is 0 Å². The van der Waals surface area contributed by atoms with Crippen LogP contribution in [0.3, 0.4) is 0 Å². The summed E-state index contributed by atoms with van der Waals surface area (Å²) in [7, 11) is 0. The Morgan fingerprint density at radius 1 is 1.21 bits per heavy atom. The maximum Gasteiger partial charge on any atom is 0.345 e. The molecule has 0 aliphatic carbocycles. The Hall–Kier alpha value is -1.90. The van der Waals surface area contributed by atoms with E-state index in [1.54, 1.807) is 0 Å². The lowest BCUT2D eigenvalue weighted by Crippen LogP contribution is -2.13. The van der Waals surface area contributed by atoms with E-state index < -0.39 is 11.9 Å². The van der Waals surface area contributed by atoms with E-state index in [9.17, 15) is 9.59 Å². The molecule has 0 rings (SSSR count). The van der Waals surface area contributed by atoms with Gasteiger partial charge < -0.3 is 4.74 Å². The molecular formula is C11H12O3. The van der Waals surface area contributed by atoms with Crippen molar-refractivity contribution in [1.29, 1.82) is 0 Å². The lowest BCUT2D eigenvalue weighted by Gasteiger charge is -2.00.